The molecule has 0 saturated carbocycles. The van der Waals surface area contributed by atoms with E-state index in [0.717, 1.165) is 16.5 Å². The Hall–Kier alpha value is -2.28. The lowest BCUT2D eigenvalue weighted by atomic mass is 10.1. The quantitative estimate of drug-likeness (QED) is 0.858. The van der Waals surface area contributed by atoms with Crippen molar-refractivity contribution in [2.24, 2.45) is 0 Å². The number of nitrogens with zero attached hydrogens (tertiary/aromatic N) is 2. The first-order chi connectivity index (χ1) is 8.07. The summed E-state index contributed by atoms with van der Waals surface area (Å²) >= 11 is 0. The van der Waals surface area contributed by atoms with Gasteiger partial charge in [-0.1, -0.05) is 18.2 Å². The van der Waals surface area contributed by atoms with Crippen molar-refractivity contribution in [3.05, 3.63) is 35.0 Å². The largest absolute Gasteiger partial charge is 0.477 e. The Morgan fingerprint density at radius 3 is 2.76 bits per heavy atom. The van der Waals surface area contributed by atoms with Crippen molar-refractivity contribution in [3.63, 3.8) is 0 Å². The van der Waals surface area contributed by atoms with E-state index < -0.39 is 5.97 Å². The summed E-state index contributed by atoms with van der Waals surface area (Å²) in [5.74, 6) is -0.992. The molecule has 0 bridgehead atoms. The molecule has 0 aliphatic heterocycles. The van der Waals surface area contributed by atoms with Crippen molar-refractivity contribution >= 4 is 16.9 Å². The minimum Gasteiger partial charge on any atom is -0.477 e. The Morgan fingerprint density at radius 2 is 2.18 bits per heavy atom. The SMILES string of the molecule is Cc1c(C(=O)O)n(CC#N)c2c(C)cccc12. The maximum atomic E-state index is 11.3. The Kier molecular flexibility index (Phi) is 2.60. The average molecular weight is 228 g/mol. The Morgan fingerprint density at radius 1 is 1.47 bits per heavy atom. The second-order valence-corrected chi connectivity index (χ2v) is 3.99. The molecule has 4 heteroatoms. The van der Waals surface area contributed by atoms with Crippen LogP contribution in [0.3, 0.4) is 0 Å². The third kappa shape index (κ3) is 1.56. The van der Waals surface area contributed by atoms with Gasteiger partial charge in [-0.2, -0.15) is 5.26 Å². The third-order valence-corrected chi connectivity index (χ3v) is 2.97. The van der Waals surface area contributed by atoms with E-state index in [4.69, 9.17) is 5.26 Å². The molecule has 2 aromatic rings. The van der Waals surface area contributed by atoms with Gasteiger partial charge in [-0.25, -0.2) is 4.79 Å². The number of hydrogen-bond acceptors (Lipinski definition) is 2. The van der Waals surface area contributed by atoms with Gasteiger partial charge in [0.1, 0.15) is 12.2 Å². The molecule has 0 amide bonds. The number of rotatable bonds is 2. The van der Waals surface area contributed by atoms with Gasteiger partial charge in [0.25, 0.3) is 0 Å². The van der Waals surface area contributed by atoms with Crippen LogP contribution in [0.2, 0.25) is 0 Å². The van der Waals surface area contributed by atoms with Crippen LogP contribution in [0.4, 0.5) is 0 Å². The molecular weight excluding hydrogens is 216 g/mol. The molecule has 0 aliphatic carbocycles. The lowest BCUT2D eigenvalue weighted by Crippen LogP contribution is -2.09. The zero-order valence-electron chi connectivity index (χ0n) is 9.69. The van der Waals surface area contributed by atoms with E-state index in [0.29, 0.717) is 5.56 Å². The standard InChI is InChI=1S/C13H12N2O2/c1-8-4-3-5-10-9(2)12(13(16)17)15(7-6-14)11(8)10/h3-5H,7H2,1-2H3,(H,16,17). The van der Waals surface area contributed by atoms with Gasteiger partial charge in [0.2, 0.25) is 0 Å². The highest BCUT2D eigenvalue weighted by Gasteiger charge is 2.20. The third-order valence-electron chi connectivity index (χ3n) is 2.97. The van der Waals surface area contributed by atoms with Crippen LogP contribution in [0, 0.1) is 25.2 Å². The summed E-state index contributed by atoms with van der Waals surface area (Å²) in [5.41, 5.74) is 2.74. The van der Waals surface area contributed by atoms with Crippen LogP contribution in [-0.4, -0.2) is 15.6 Å². The zero-order chi connectivity index (χ0) is 12.6. The molecule has 0 spiro atoms. The van der Waals surface area contributed by atoms with Gasteiger partial charge in [0.05, 0.1) is 11.6 Å². The number of carboxylic acids is 1. The fraction of sp³-hybridized carbons (Fsp3) is 0.231. The molecular formula is C13H12N2O2. The molecule has 1 N–H and O–H groups in total. The molecule has 86 valence electrons. The van der Waals surface area contributed by atoms with Crippen LogP contribution >= 0.6 is 0 Å². The fourth-order valence-electron chi connectivity index (χ4n) is 2.27. The lowest BCUT2D eigenvalue weighted by Gasteiger charge is -2.04. The number of carbonyl (C=O) groups is 1. The zero-order valence-corrected chi connectivity index (χ0v) is 9.69. The molecule has 2 rings (SSSR count). The number of hydrogen-bond donors (Lipinski definition) is 1. The van der Waals surface area contributed by atoms with E-state index in [1.165, 1.54) is 0 Å². The van der Waals surface area contributed by atoms with E-state index in [1.807, 2.05) is 31.2 Å². The predicted molar refractivity (Wildman–Crippen MR) is 64.0 cm³/mol. The fourth-order valence-corrected chi connectivity index (χ4v) is 2.27. The molecule has 1 heterocycles. The van der Waals surface area contributed by atoms with E-state index in [2.05, 4.69) is 0 Å². The van der Waals surface area contributed by atoms with Gasteiger partial charge < -0.3 is 9.67 Å². The summed E-state index contributed by atoms with van der Waals surface area (Å²) in [7, 11) is 0. The minimum atomic E-state index is -0.992. The molecule has 0 unspecified atom stereocenters. The number of benzene rings is 1. The van der Waals surface area contributed by atoms with Crippen LogP contribution in [-0.2, 0) is 6.54 Å². The predicted octanol–water partition coefficient (Wildman–Crippen LogP) is 2.48. The number of fused-ring (bicyclic) bond motifs is 1. The molecule has 0 atom stereocenters. The van der Waals surface area contributed by atoms with Gasteiger partial charge >= 0.3 is 5.97 Å². The van der Waals surface area contributed by atoms with Crippen LogP contribution in [0.15, 0.2) is 18.2 Å². The first-order valence-electron chi connectivity index (χ1n) is 5.26. The van der Waals surface area contributed by atoms with Crippen LogP contribution in [0.1, 0.15) is 21.6 Å². The van der Waals surface area contributed by atoms with Crippen molar-refractivity contribution in [3.8, 4) is 6.07 Å². The molecule has 1 aromatic heterocycles. The smallest absolute Gasteiger partial charge is 0.352 e. The summed E-state index contributed by atoms with van der Waals surface area (Å²) in [6, 6.07) is 7.71. The Labute approximate surface area is 98.7 Å². The van der Waals surface area contributed by atoms with E-state index in [9.17, 15) is 9.90 Å². The molecule has 1 aromatic carbocycles. The molecule has 0 fully saturated rings. The van der Waals surface area contributed by atoms with Crippen molar-refractivity contribution in [1.29, 1.82) is 5.26 Å². The summed E-state index contributed by atoms with van der Waals surface area (Å²) in [4.78, 5) is 11.3. The Bertz CT molecular complexity index is 647. The molecule has 0 saturated heterocycles. The molecule has 0 aliphatic rings. The first kappa shape index (κ1) is 11.2. The maximum Gasteiger partial charge on any atom is 0.352 e. The van der Waals surface area contributed by atoms with E-state index in [-0.39, 0.29) is 12.2 Å². The second-order valence-electron chi connectivity index (χ2n) is 3.99. The Balaban J connectivity index is 2.95. The first-order valence-corrected chi connectivity index (χ1v) is 5.26. The van der Waals surface area contributed by atoms with Gasteiger partial charge in [0.15, 0.2) is 0 Å². The number of para-hydroxylation sites is 1. The van der Waals surface area contributed by atoms with Crippen molar-refractivity contribution in [1.82, 2.24) is 4.57 Å². The minimum absolute atomic E-state index is 0.0524. The normalized spacial score (nSPS) is 10.4. The monoisotopic (exact) mass is 228 g/mol. The summed E-state index contributed by atoms with van der Waals surface area (Å²) in [6.07, 6.45) is 0. The highest BCUT2D eigenvalue weighted by atomic mass is 16.4. The van der Waals surface area contributed by atoms with Gasteiger partial charge in [-0.05, 0) is 25.0 Å². The lowest BCUT2D eigenvalue weighted by molar-refractivity contribution is 0.0685. The van der Waals surface area contributed by atoms with E-state index >= 15 is 0 Å². The number of aromatic nitrogens is 1. The van der Waals surface area contributed by atoms with Gasteiger partial charge in [0, 0.05) is 5.39 Å². The second kappa shape index (κ2) is 3.95. The van der Waals surface area contributed by atoms with Gasteiger partial charge in [-0.3, -0.25) is 0 Å². The maximum absolute atomic E-state index is 11.3. The summed E-state index contributed by atoms with van der Waals surface area (Å²) < 4.78 is 1.57. The van der Waals surface area contributed by atoms with Crippen LogP contribution in [0.25, 0.3) is 10.9 Å². The molecule has 4 nitrogen and oxygen atoms in total. The molecule has 0 radical (unpaired) electrons. The number of aryl methyl sites for hydroxylation is 2. The van der Waals surface area contributed by atoms with Crippen molar-refractivity contribution in [2.45, 2.75) is 20.4 Å². The highest BCUT2D eigenvalue weighted by Crippen LogP contribution is 2.28. The van der Waals surface area contributed by atoms with Crippen molar-refractivity contribution in [2.75, 3.05) is 0 Å². The molecule has 17 heavy (non-hydrogen) atoms. The summed E-state index contributed by atoms with van der Waals surface area (Å²) in [6.45, 7) is 3.75. The summed E-state index contributed by atoms with van der Waals surface area (Å²) in [5, 5.41) is 19.0. The van der Waals surface area contributed by atoms with Gasteiger partial charge in [-0.15, -0.1) is 0 Å². The van der Waals surface area contributed by atoms with Crippen LogP contribution < -0.4 is 0 Å². The van der Waals surface area contributed by atoms with Crippen molar-refractivity contribution < 1.29 is 9.90 Å². The number of aromatic carboxylic acids is 1. The number of nitriles is 1. The highest BCUT2D eigenvalue weighted by molar-refractivity contribution is 5.99. The number of carboxylic acid groups (broad SMARTS) is 1. The van der Waals surface area contributed by atoms with E-state index in [1.54, 1.807) is 11.5 Å². The van der Waals surface area contributed by atoms with Crippen LogP contribution in [0.5, 0.6) is 0 Å². The topological polar surface area (TPSA) is 66.0 Å². The average Bonchev–Trinajstić information content (AvgIpc) is 2.54.